The minimum atomic E-state index is -0.122. The number of hydrogen-bond acceptors (Lipinski definition) is 5. The molecule has 0 bridgehead atoms. The van der Waals surface area contributed by atoms with Gasteiger partial charge in [0, 0.05) is 29.5 Å². The molecule has 1 unspecified atom stereocenters. The smallest absolute Gasteiger partial charge is 0.251 e. The molecule has 2 aromatic rings. The lowest BCUT2D eigenvalue weighted by Crippen LogP contribution is -2.27. The molecule has 3 rings (SSSR count). The maximum atomic E-state index is 12.5. The maximum absolute atomic E-state index is 12.5. The highest BCUT2D eigenvalue weighted by Gasteiger charge is 2.25. The second-order valence-electron chi connectivity index (χ2n) is 6.99. The van der Waals surface area contributed by atoms with Crippen molar-refractivity contribution >= 4 is 5.91 Å². The molecule has 0 aromatic heterocycles. The minimum absolute atomic E-state index is 0.0405. The minimum Gasteiger partial charge on any atom is -0.379 e. The average Bonchev–Trinajstić information content (AvgIpc) is 3.08. The first-order valence-corrected chi connectivity index (χ1v) is 10.3. The van der Waals surface area contributed by atoms with Gasteiger partial charge in [0.25, 0.3) is 5.91 Å². The number of nitrogens with one attached hydrogen (secondary N) is 1. The van der Waals surface area contributed by atoms with Gasteiger partial charge in [-0.25, -0.2) is 0 Å². The van der Waals surface area contributed by atoms with E-state index in [1.165, 1.54) is 11.1 Å². The number of azide groups is 1. The zero-order valence-electron chi connectivity index (χ0n) is 17.5. The van der Waals surface area contributed by atoms with Crippen molar-refractivity contribution in [1.29, 1.82) is 0 Å². The number of benzene rings is 2. The van der Waals surface area contributed by atoms with Crippen molar-refractivity contribution in [3.63, 3.8) is 0 Å². The highest BCUT2D eigenvalue weighted by atomic mass is 16.5. The van der Waals surface area contributed by atoms with Crippen LogP contribution in [0.4, 0.5) is 0 Å². The second kappa shape index (κ2) is 12.1. The van der Waals surface area contributed by atoms with Gasteiger partial charge in [-0.05, 0) is 46.8 Å². The summed E-state index contributed by atoms with van der Waals surface area (Å²) in [7, 11) is 0. The third kappa shape index (κ3) is 6.29. The first-order valence-electron chi connectivity index (χ1n) is 10.3. The number of ether oxygens (including phenoxy) is 3. The normalized spacial score (nSPS) is 13.9. The molecule has 0 saturated heterocycles. The molecule has 1 aliphatic rings. The number of hydrogen-bond donors (Lipinski definition) is 1. The molecule has 0 saturated carbocycles. The van der Waals surface area contributed by atoms with Crippen LogP contribution >= 0.6 is 0 Å². The van der Waals surface area contributed by atoms with Crippen LogP contribution in [0.15, 0.2) is 47.6 Å². The predicted octanol–water partition coefficient (Wildman–Crippen LogP) is 3.72. The molecule has 163 valence electrons. The summed E-state index contributed by atoms with van der Waals surface area (Å²) in [4.78, 5) is 15.1. The van der Waals surface area contributed by atoms with E-state index in [1.54, 1.807) is 0 Å². The van der Waals surface area contributed by atoms with Crippen LogP contribution in [0, 0.1) is 6.92 Å². The molecule has 2 aromatic carbocycles. The van der Waals surface area contributed by atoms with E-state index < -0.39 is 0 Å². The summed E-state index contributed by atoms with van der Waals surface area (Å²) in [6, 6.07) is 14.0. The summed E-state index contributed by atoms with van der Waals surface area (Å²) in [5.41, 5.74) is 13.4. The predicted molar refractivity (Wildman–Crippen MR) is 118 cm³/mol. The number of nitrogens with zero attached hydrogens (tertiary/aromatic N) is 3. The van der Waals surface area contributed by atoms with Crippen molar-refractivity contribution in [2.45, 2.75) is 5.92 Å². The van der Waals surface area contributed by atoms with Gasteiger partial charge in [-0.1, -0.05) is 35.4 Å². The quantitative estimate of drug-likeness (QED) is 0.229. The molecule has 8 nitrogen and oxygen atoms in total. The number of rotatable bonds is 13. The highest BCUT2D eigenvalue weighted by molar-refractivity contribution is 5.96. The fraction of sp³-hybridized carbons (Fsp3) is 0.391. The first kappa shape index (κ1) is 22.8. The van der Waals surface area contributed by atoms with E-state index in [0.29, 0.717) is 58.3 Å². The van der Waals surface area contributed by atoms with Gasteiger partial charge in [0.1, 0.15) is 0 Å². The van der Waals surface area contributed by atoms with E-state index in [9.17, 15) is 4.79 Å². The highest BCUT2D eigenvalue weighted by Crippen LogP contribution is 2.44. The van der Waals surface area contributed by atoms with Crippen molar-refractivity contribution in [1.82, 2.24) is 5.32 Å². The number of carbonyl (C=O) groups excluding carboxylic acids is 1. The molecule has 1 atom stereocenters. The Morgan fingerprint density at radius 2 is 1.65 bits per heavy atom. The van der Waals surface area contributed by atoms with Crippen LogP contribution in [-0.4, -0.2) is 58.6 Å². The molecule has 0 spiro atoms. The second-order valence-corrected chi connectivity index (χ2v) is 6.99. The van der Waals surface area contributed by atoms with Crippen LogP contribution in [0.5, 0.6) is 0 Å². The Bertz CT molecular complexity index is 928. The monoisotopic (exact) mass is 423 g/mol. The van der Waals surface area contributed by atoms with Crippen LogP contribution in [0.1, 0.15) is 27.4 Å². The summed E-state index contributed by atoms with van der Waals surface area (Å²) in [6.45, 7) is 7.59. The Kier molecular flexibility index (Phi) is 8.87. The van der Waals surface area contributed by atoms with E-state index in [1.807, 2.05) is 30.3 Å². The van der Waals surface area contributed by atoms with E-state index in [2.05, 4.69) is 34.4 Å². The average molecular weight is 423 g/mol. The topological polar surface area (TPSA) is 106 Å². The molecule has 8 heteroatoms. The summed E-state index contributed by atoms with van der Waals surface area (Å²) in [5.74, 6) is -0.0811. The van der Waals surface area contributed by atoms with Crippen LogP contribution < -0.4 is 5.32 Å². The van der Waals surface area contributed by atoms with Crippen LogP contribution in [0.3, 0.4) is 0 Å². The summed E-state index contributed by atoms with van der Waals surface area (Å²) in [5, 5.41) is 6.25. The van der Waals surface area contributed by atoms with Crippen molar-refractivity contribution in [2.75, 3.05) is 52.7 Å². The van der Waals surface area contributed by atoms with Crippen LogP contribution in [0.2, 0.25) is 0 Å². The molecule has 1 radical (unpaired) electrons. The van der Waals surface area contributed by atoms with Gasteiger partial charge in [-0.2, -0.15) is 0 Å². The molecule has 0 heterocycles. The number of fused-ring (bicyclic) bond motifs is 3. The van der Waals surface area contributed by atoms with Crippen molar-refractivity contribution in [3.05, 3.63) is 76.5 Å². The third-order valence-electron chi connectivity index (χ3n) is 4.99. The molecule has 1 amide bonds. The Balaban J connectivity index is 1.30. The largest absolute Gasteiger partial charge is 0.379 e. The number of carbonyl (C=O) groups is 1. The van der Waals surface area contributed by atoms with E-state index in [0.717, 1.165) is 11.1 Å². The molecular formula is C23H27N4O4. The zero-order valence-corrected chi connectivity index (χ0v) is 17.5. The fourth-order valence-electron chi connectivity index (χ4n) is 3.48. The lowest BCUT2D eigenvalue weighted by atomic mass is 9.97. The van der Waals surface area contributed by atoms with Gasteiger partial charge in [0.15, 0.2) is 0 Å². The number of amides is 1. The Hall–Kier alpha value is -2.90. The van der Waals surface area contributed by atoms with Gasteiger partial charge in [-0.15, -0.1) is 0 Å². The van der Waals surface area contributed by atoms with E-state index >= 15 is 0 Å². The summed E-state index contributed by atoms with van der Waals surface area (Å²) in [6.07, 6.45) is 0. The van der Waals surface area contributed by atoms with Crippen molar-refractivity contribution < 1.29 is 19.0 Å². The molecule has 0 aliphatic heterocycles. The molecular weight excluding hydrogens is 396 g/mol. The molecule has 1 N–H and O–H groups in total. The fourth-order valence-corrected chi connectivity index (χ4v) is 3.48. The summed E-state index contributed by atoms with van der Waals surface area (Å²) < 4.78 is 16.1. The van der Waals surface area contributed by atoms with Gasteiger partial charge in [0.2, 0.25) is 0 Å². The molecule has 0 fully saturated rings. The van der Waals surface area contributed by atoms with Gasteiger partial charge < -0.3 is 19.5 Å². The van der Waals surface area contributed by atoms with Crippen LogP contribution in [0.25, 0.3) is 21.6 Å². The Morgan fingerprint density at radius 3 is 2.42 bits per heavy atom. The standard InChI is InChI=1S/C23H27N4O4/c1-17-19-4-2-3-5-20(19)21-7-6-18(16-22(17)21)23(28)25-8-10-29-12-14-31-15-13-30-11-9-26-27-24/h2-7,16-17H,1,8-15H2,(H,25,28). The lowest BCUT2D eigenvalue weighted by Gasteiger charge is -2.10. The SMILES string of the molecule is [CH2]C1c2ccccc2-c2ccc(C(=O)NCCOCCOCCOCCN=[N+]=[N-])cc21. The Labute approximate surface area is 182 Å². The van der Waals surface area contributed by atoms with Crippen LogP contribution in [-0.2, 0) is 14.2 Å². The van der Waals surface area contributed by atoms with Crippen molar-refractivity contribution in [3.8, 4) is 11.1 Å². The van der Waals surface area contributed by atoms with E-state index in [4.69, 9.17) is 19.7 Å². The molecule has 31 heavy (non-hydrogen) atoms. The van der Waals surface area contributed by atoms with Gasteiger partial charge in [0.05, 0.1) is 39.6 Å². The third-order valence-corrected chi connectivity index (χ3v) is 4.99. The lowest BCUT2D eigenvalue weighted by molar-refractivity contribution is 0.0166. The van der Waals surface area contributed by atoms with E-state index in [-0.39, 0.29) is 11.8 Å². The zero-order chi connectivity index (χ0) is 21.9. The maximum Gasteiger partial charge on any atom is 0.251 e. The molecule has 1 aliphatic carbocycles. The first-order chi connectivity index (χ1) is 15.2. The van der Waals surface area contributed by atoms with Gasteiger partial charge >= 0.3 is 0 Å². The Morgan fingerprint density at radius 1 is 0.968 bits per heavy atom. The van der Waals surface area contributed by atoms with Gasteiger partial charge in [-0.3, -0.25) is 4.79 Å². The van der Waals surface area contributed by atoms with Crippen molar-refractivity contribution in [2.24, 2.45) is 5.11 Å². The summed E-state index contributed by atoms with van der Waals surface area (Å²) >= 11 is 0.